The maximum Gasteiger partial charge on any atom is 0.191 e. The van der Waals surface area contributed by atoms with Gasteiger partial charge in [-0.2, -0.15) is 0 Å². The molecule has 1 aromatic rings. The van der Waals surface area contributed by atoms with Crippen LogP contribution in [0.3, 0.4) is 0 Å². The van der Waals surface area contributed by atoms with Crippen molar-refractivity contribution in [2.45, 2.75) is 64.1 Å². The van der Waals surface area contributed by atoms with E-state index in [0.717, 1.165) is 12.0 Å². The third-order valence-electron chi connectivity index (χ3n) is 7.33. The van der Waals surface area contributed by atoms with Crippen molar-refractivity contribution in [3.05, 3.63) is 47.7 Å². The molecule has 4 nitrogen and oxygen atoms in total. The van der Waals surface area contributed by atoms with Crippen LogP contribution >= 0.6 is 0 Å². The average Bonchev–Trinajstić information content (AvgIpc) is 2.91. The largest absolute Gasteiger partial charge is 0.501 e. The Morgan fingerprint density at radius 2 is 1.76 bits per heavy atom. The van der Waals surface area contributed by atoms with E-state index in [-0.39, 0.29) is 34.9 Å². The second-order valence-electron chi connectivity index (χ2n) is 10.1. The van der Waals surface area contributed by atoms with Crippen molar-refractivity contribution >= 4 is 19.9 Å². The van der Waals surface area contributed by atoms with Gasteiger partial charge in [-0.05, 0) is 36.0 Å². The van der Waals surface area contributed by atoms with Crippen molar-refractivity contribution in [2.75, 3.05) is 13.7 Å². The second-order valence-corrected chi connectivity index (χ2v) is 14.9. The van der Waals surface area contributed by atoms with Gasteiger partial charge < -0.3 is 9.16 Å². The number of rotatable bonds is 5. The smallest absolute Gasteiger partial charge is 0.191 e. The van der Waals surface area contributed by atoms with E-state index in [4.69, 9.17) is 9.16 Å². The van der Waals surface area contributed by atoms with Crippen LogP contribution in [0.25, 0.3) is 0 Å². The maximum absolute atomic E-state index is 13.7. The number of hydrogen-bond acceptors (Lipinski definition) is 4. The summed E-state index contributed by atoms with van der Waals surface area (Å²) >= 11 is 0. The first-order valence-electron chi connectivity index (χ1n) is 10.5. The molecule has 0 radical (unpaired) electrons. The topological polar surface area (TPSA) is 52.6 Å². The highest BCUT2D eigenvalue weighted by atomic mass is 28.4. The molecule has 0 saturated heterocycles. The molecular weight excluding hydrogens is 380 g/mol. The van der Waals surface area contributed by atoms with Gasteiger partial charge >= 0.3 is 0 Å². The monoisotopic (exact) mass is 414 g/mol. The van der Waals surface area contributed by atoms with Gasteiger partial charge in [0.25, 0.3) is 0 Å². The first-order chi connectivity index (χ1) is 13.5. The van der Waals surface area contributed by atoms with Crippen molar-refractivity contribution in [1.82, 2.24) is 0 Å². The van der Waals surface area contributed by atoms with Crippen LogP contribution in [0.1, 0.15) is 51.5 Å². The van der Waals surface area contributed by atoms with Gasteiger partial charge in [0.05, 0.1) is 7.11 Å². The summed E-state index contributed by atoms with van der Waals surface area (Å²) in [7, 11) is -0.384. The van der Waals surface area contributed by atoms with Gasteiger partial charge in [-0.15, -0.1) is 0 Å². The molecule has 1 unspecified atom stereocenters. The summed E-state index contributed by atoms with van der Waals surface area (Å²) in [5, 5.41) is 0.0988. The van der Waals surface area contributed by atoms with Crippen LogP contribution in [-0.4, -0.2) is 33.6 Å². The van der Waals surface area contributed by atoms with Crippen molar-refractivity contribution in [1.29, 1.82) is 0 Å². The summed E-state index contributed by atoms with van der Waals surface area (Å²) in [6, 6.07) is 9.95. The highest BCUT2D eigenvalue weighted by molar-refractivity contribution is 6.74. The molecule has 1 aromatic carbocycles. The number of Topliss-reactive ketones (excluding diaryl/α,β-unsaturated/α-hetero) is 1. The van der Waals surface area contributed by atoms with Crippen molar-refractivity contribution in [3.8, 4) is 0 Å². The fraction of sp³-hybridized carbons (Fsp3) is 0.583. The van der Waals surface area contributed by atoms with E-state index in [0.29, 0.717) is 18.8 Å². The Labute approximate surface area is 175 Å². The van der Waals surface area contributed by atoms with Crippen LogP contribution in [0.4, 0.5) is 0 Å². The van der Waals surface area contributed by atoms with Crippen LogP contribution in [0, 0.1) is 11.3 Å². The van der Waals surface area contributed by atoms with Gasteiger partial charge in [-0.3, -0.25) is 9.59 Å². The molecule has 0 N–H and O–H groups in total. The Morgan fingerprint density at radius 1 is 1.10 bits per heavy atom. The van der Waals surface area contributed by atoms with Gasteiger partial charge in [0, 0.05) is 36.9 Å². The van der Waals surface area contributed by atoms with Gasteiger partial charge in [0.15, 0.2) is 14.1 Å². The third-order valence-corrected chi connectivity index (χ3v) is 11.8. The number of carbonyl (C=O) groups excluding carboxylic acids is 2. The molecule has 2 aliphatic rings. The predicted octanol–water partition coefficient (Wildman–Crippen LogP) is 5.26. The lowest BCUT2D eigenvalue weighted by molar-refractivity contribution is -0.134. The first-order valence-corrected chi connectivity index (χ1v) is 13.4. The van der Waals surface area contributed by atoms with E-state index in [1.807, 2.05) is 30.3 Å². The standard InChI is InChI=1S/C24H34O4Si/c1-23(2,3)29(5,6)28-16-18-12-21(17-10-8-7-9-11-17)22(26)24(18)14-19(25)13-20(15-24)27-4/h7-11,13,18,21H,12,14-16H2,1-6H3/t18-,21?,24-/m0/s1. The Balaban J connectivity index is 1.94. The number of ketones is 2. The second kappa shape index (κ2) is 7.84. The molecule has 3 rings (SSSR count). The van der Waals surface area contributed by atoms with Gasteiger partial charge in [0.1, 0.15) is 11.5 Å². The van der Waals surface area contributed by atoms with E-state index in [1.54, 1.807) is 13.2 Å². The van der Waals surface area contributed by atoms with Crippen molar-refractivity contribution in [2.24, 2.45) is 11.3 Å². The minimum Gasteiger partial charge on any atom is -0.501 e. The van der Waals surface area contributed by atoms with E-state index in [9.17, 15) is 9.59 Å². The Bertz CT molecular complexity index is 806. The lowest BCUT2D eigenvalue weighted by atomic mass is 9.68. The molecular formula is C24H34O4Si. The van der Waals surface area contributed by atoms with Gasteiger partial charge in [-0.1, -0.05) is 51.1 Å². The number of ether oxygens (including phenoxy) is 1. The molecule has 5 heteroatoms. The Hall–Kier alpha value is -1.72. The quantitative estimate of drug-likeness (QED) is 0.617. The number of benzene rings is 1. The highest BCUT2D eigenvalue weighted by Gasteiger charge is 2.57. The van der Waals surface area contributed by atoms with E-state index < -0.39 is 13.7 Å². The van der Waals surface area contributed by atoms with Crippen LogP contribution in [-0.2, 0) is 18.8 Å². The van der Waals surface area contributed by atoms with E-state index in [2.05, 4.69) is 33.9 Å². The maximum atomic E-state index is 13.7. The highest BCUT2D eigenvalue weighted by Crippen LogP contribution is 2.55. The minimum absolute atomic E-state index is 0.0112. The SMILES string of the molecule is COC1=CC(=O)C[C@@]2(C1)C(=O)C(c1ccccc1)C[C@H]2CO[Si](C)(C)C(C)(C)C. The molecule has 3 atom stereocenters. The summed E-state index contributed by atoms with van der Waals surface area (Å²) in [5.41, 5.74) is 0.313. The zero-order chi connectivity index (χ0) is 21.4. The number of methoxy groups -OCH3 is 1. The van der Waals surface area contributed by atoms with Crippen molar-refractivity contribution in [3.63, 3.8) is 0 Å². The lowest BCUT2D eigenvalue weighted by Gasteiger charge is -2.40. The van der Waals surface area contributed by atoms with Crippen LogP contribution < -0.4 is 0 Å². The lowest BCUT2D eigenvalue weighted by Crippen LogP contribution is -2.45. The zero-order valence-corrected chi connectivity index (χ0v) is 19.6. The molecule has 0 aromatic heterocycles. The molecule has 1 spiro atoms. The Kier molecular flexibility index (Phi) is 5.94. The zero-order valence-electron chi connectivity index (χ0n) is 18.6. The fourth-order valence-corrected chi connectivity index (χ4v) is 5.50. The molecule has 158 valence electrons. The third kappa shape index (κ3) is 4.12. The number of hydrogen-bond donors (Lipinski definition) is 0. The average molecular weight is 415 g/mol. The molecule has 29 heavy (non-hydrogen) atoms. The van der Waals surface area contributed by atoms with Crippen LogP contribution in [0.2, 0.25) is 18.1 Å². The fourth-order valence-electron chi connectivity index (χ4n) is 4.45. The predicted molar refractivity (Wildman–Crippen MR) is 117 cm³/mol. The molecule has 1 saturated carbocycles. The molecule has 0 aliphatic heterocycles. The van der Waals surface area contributed by atoms with Crippen molar-refractivity contribution < 1.29 is 18.8 Å². The summed E-state index contributed by atoms with van der Waals surface area (Å²) in [5.74, 6) is 0.585. The molecule has 2 aliphatic carbocycles. The molecule has 0 amide bonds. The molecule has 0 bridgehead atoms. The summed E-state index contributed by atoms with van der Waals surface area (Å²) in [6.07, 6.45) is 3.03. The summed E-state index contributed by atoms with van der Waals surface area (Å²) in [4.78, 5) is 26.3. The summed E-state index contributed by atoms with van der Waals surface area (Å²) in [6.45, 7) is 11.7. The van der Waals surface area contributed by atoms with Gasteiger partial charge in [-0.25, -0.2) is 0 Å². The number of carbonyl (C=O) groups is 2. The number of allylic oxidation sites excluding steroid dienone is 2. The molecule has 1 fully saturated rings. The van der Waals surface area contributed by atoms with E-state index in [1.165, 1.54) is 0 Å². The van der Waals surface area contributed by atoms with Gasteiger partial charge in [0.2, 0.25) is 0 Å². The Morgan fingerprint density at radius 3 is 2.34 bits per heavy atom. The molecule has 0 heterocycles. The first kappa shape index (κ1) is 22.0. The summed E-state index contributed by atoms with van der Waals surface area (Å²) < 4.78 is 12.0. The minimum atomic E-state index is -1.96. The van der Waals surface area contributed by atoms with Crippen LogP contribution in [0.15, 0.2) is 42.2 Å². The van der Waals surface area contributed by atoms with Crippen LogP contribution in [0.5, 0.6) is 0 Å². The normalized spacial score (nSPS) is 28.0. The van der Waals surface area contributed by atoms with E-state index >= 15 is 0 Å².